The van der Waals surface area contributed by atoms with Crippen LogP contribution in [0.4, 0.5) is 5.82 Å². The molecule has 4 nitrogen and oxygen atoms in total. The van der Waals surface area contributed by atoms with Gasteiger partial charge in [-0.3, -0.25) is 4.40 Å². The number of aromatic nitrogens is 2. The molecule has 2 heterocycles. The zero-order chi connectivity index (χ0) is 10.1. The van der Waals surface area contributed by atoms with Gasteiger partial charge >= 0.3 is 0 Å². The Morgan fingerprint density at radius 3 is 3.07 bits per heavy atom. The molecular weight excluding hydrogens is 246 g/mol. The number of nitrogens with zero attached hydrogens (tertiary/aromatic N) is 3. The lowest BCUT2D eigenvalue weighted by molar-refractivity contribution is 0.565. The molecule has 2 aromatic heterocycles. The molecule has 0 aliphatic rings. The smallest absolute Gasteiger partial charge is 0.242 e. The zero-order valence-corrected chi connectivity index (χ0v) is 8.95. The summed E-state index contributed by atoms with van der Waals surface area (Å²) in [6.45, 7) is 1.85. The van der Waals surface area contributed by atoms with Gasteiger partial charge in [0.2, 0.25) is 6.08 Å². The van der Waals surface area contributed by atoms with E-state index in [-0.39, 0.29) is 0 Å². The Hall–Kier alpha value is -1.45. The summed E-state index contributed by atoms with van der Waals surface area (Å²) >= 11 is 3.33. The first-order valence-corrected chi connectivity index (χ1v) is 4.75. The average molecular weight is 252 g/mol. The molecule has 5 heteroatoms. The third kappa shape index (κ3) is 1.27. The molecule has 0 radical (unpaired) electrons. The van der Waals surface area contributed by atoms with Crippen molar-refractivity contribution in [1.29, 1.82) is 0 Å². The fourth-order valence-corrected chi connectivity index (χ4v) is 1.95. The second kappa shape index (κ2) is 3.36. The molecular formula is C9H6BrN3O. The lowest BCUT2D eigenvalue weighted by Crippen LogP contribution is -1.87. The Morgan fingerprint density at radius 2 is 2.36 bits per heavy atom. The van der Waals surface area contributed by atoms with E-state index in [1.165, 1.54) is 6.08 Å². The predicted molar refractivity (Wildman–Crippen MR) is 55.4 cm³/mol. The lowest BCUT2D eigenvalue weighted by Gasteiger charge is -1.98. The summed E-state index contributed by atoms with van der Waals surface area (Å²) in [6, 6.07) is 5.45. The zero-order valence-electron chi connectivity index (χ0n) is 7.36. The summed E-state index contributed by atoms with van der Waals surface area (Å²) in [4.78, 5) is 18.0. The molecule has 0 bridgehead atoms. The summed E-state index contributed by atoms with van der Waals surface area (Å²) in [7, 11) is 0. The van der Waals surface area contributed by atoms with Gasteiger partial charge in [-0.05, 0) is 35.0 Å². The highest BCUT2D eigenvalue weighted by Gasteiger charge is 2.07. The number of hydrogen-bond donors (Lipinski definition) is 0. The molecule has 0 saturated heterocycles. The van der Waals surface area contributed by atoms with E-state index in [4.69, 9.17) is 0 Å². The van der Waals surface area contributed by atoms with Crippen LogP contribution in [0.15, 0.2) is 27.8 Å². The number of carbonyl (C=O) groups excluding carboxylic acids is 1. The first kappa shape index (κ1) is 9.12. The lowest BCUT2D eigenvalue weighted by atomic mass is 10.4. The van der Waals surface area contributed by atoms with Crippen molar-refractivity contribution in [2.24, 2.45) is 4.99 Å². The average Bonchev–Trinajstić information content (AvgIpc) is 2.44. The van der Waals surface area contributed by atoms with Crippen molar-refractivity contribution in [2.75, 3.05) is 0 Å². The second-order valence-electron chi connectivity index (χ2n) is 2.76. The molecule has 0 fully saturated rings. The third-order valence-corrected chi connectivity index (χ3v) is 2.51. The molecule has 0 N–H and O–H groups in total. The van der Waals surface area contributed by atoms with Gasteiger partial charge in [0.25, 0.3) is 0 Å². The highest BCUT2D eigenvalue weighted by Crippen LogP contribution is 2.23. The third-order valence-electron chi connectivity index (χ3n) is 1.92. The van der Waals surface area contributed by atoms with Crippen molar-refractivity contribution >= 4 is 33.3 Å². The van der Waals surface area contributed by atoms with Crippen LogP contribution < -0.4 is 0 Å². The summed E-state index contributed by atoms with van der Waals surface area (Å²) < 4.78 is 2.53. The fraction of sp³-hybridized carbons (Fsp3) is 0.111. The maximum Gasteiger partial charge on any atom is 0.242 e. The van der Waals surface area contributed by atoms with Crippen LogP contribution >= 0.6 is 15.9 Å². The van der Waals surface area contributed by atoms with Gasteiger partial charge in [0.1, 0.15) is 10.4 Å². The van der Waals surface area contributed by atoms with Crippen LogP contribution in [0, 0.1) is 6.92 Å². The molecule has 0 aliphatic heterocycles. The minimum Gasteiger partial charge on any atom is -0.279 e. The van der Waals surface area contributed by atoms with Crippen LogP contribution in [0.5, 0.6) is 0 Å². The van der Waals surface area contributed by atoms with Crippen molar-refractivity contribution in [3.8, 4) is 0 Å². The Labute approximate surface area is 88.4 Å². The minimum atomic E-state index is 0.535. The van der Waals surface area contributed by atoms with Crippen LogP contribution in [0.1, 0.15) is 5.82 Å². The minimum absolute atomic E-state index is 0.535. The molecule has 0 atom stereocenters. The molecule has 0 unspecified atom stereocenters. The van der Waals surface area contributed by atoms with E-state index in [1.54, 1.807) is 10.5 Å². The topological polar surface area (TPSA) is 46.7 Å². The highest BCUT2D eigenvalue weighted by atomic mass is 79.9. The number of isocyanates is 1. The van der Waals surface area contributed by atoms with Crippen molar-refractivity contribution in [2.45, 2.75) is 6.92 Å². The van der Waals surface area contributed by atoms with Crippen LogP contribution in [-0.4, -0.2) is 15.5 Å². The van der Waals surface area contributed by atoms with E-state index >= 15 is 0 Å². The standard InChI is InChI=1S/C9H6BrN3O/c1-6-12-9(10)7-3-2-4-8(11-5-14)13(6)7/h2-4H,1H3. The van der Waals surface area contributed by atoms with Crippen molar-refractivity contribution in [3.05, 3.63) is 28.6 Å². The number of aliphatic imine (C=N–C) groups is 1. The molecule has 0 amide bonds. The van der Waals surface area contributed by atoms with Gasteiger partial charge in [-0.1, -0.05) is 6.07 Å². The number of fused-ring (bicyclic) bond motifs is 1. The van der Waals surface area contributed by atoms with Crippen molar-refractivity contribution in [1.82, 2.24) is 9.38 Å². The van der Waals surface area contributed by atoms with E-state index in [0.717, 1.165) is 15.9 Å². The Kier molecular flexibility index (Phi) is 2.19. The number of rotatable bonds is 1. The van der Waals surface area contributed by atoms with Crippen molar-refractivity contribution in [3.63, 3.8) is 0 Å². The number of pyridine rings is 1. The maximum absolute atomic E-state index is 10.2. The van der Waals surface area contributed by atoms with Crippen LogP contribution in [0.3, 0.4) is 0 Å². The normalized spacial score (nSPS) is 10.1. The Morgan fingerprint density at radius 1 is 1.57 bits per heavy atom. The van der Waals surface area contributed by atoms with Crippen LogP contribution in [0.2, 0.25) is 0 Å². The van der Waals surface area contributed by atoms with E-state index in [9.17, 15) is 4.79 Å². The molecule has 2 rings (SSSR count). The van der Waals surface area contributed by atoms with Gasteiger partial charge in [-0.15, -0.1) is 4.99 Å². The molecule has 0 aliphatic carbocycles. The van der Waals surface area contributed by atoms with Gasteiger partial charge in [-0.2, -0.15) is 0 Å². The van der Waals surface area contributed by atoms with Crippen LogP contribution in [0.25, 0.3) is 5.52 Å². The van der Waals surface area contributed by atoms with E-state index in [0.29, 0.717) is 5.82 Å². The number of imidazole rings is 1. The number of hydrogen-bond acceptors (Lipinski definition) is 3. The van der Waals surface area contributed by atoms with Crippen molar-refractivity contribution < 1.29 is 4.79 Å². The molecule has 0 spiro atoms. The first-order chi connectivity index (χ1) is 6.74. The maximum atomic E-state index is 10.2. The largest absolute Gasteiger partial charge is 0.279 e. The quantitative estimate of drug-likeness (QED) is 0.577. The summed E-state index contributed by atoms with van der Waals surface area (Å²) in [5, 5.41) is 0. The summed E-state index contributed by atoms with van der Waals surface area (Å²) in [5.41, 5.74) is 0.888. The Balaban J connectivity index is 2.91. The van der Waals surface area contributed by atoms with Gasteiger partial charge < -0.3 is 0 Å². The highest BCUT2D eigenvalue weighted by molar-refractivity contribution is 9.10. The second-order valence-corrected chi connectivity index (χ2v) is 3.51. The molecule has 70 valence electrons. The van der Waals surface area contributed by atoms with Gasteiger partial charge in [0.15, 0.2) is 5.82 Å². The number of aryl methyl sites for hydroxylation is 1. The fourth-order valence-electron chi connectivity index (χ4n) is 1.38. The molecule has 2 aromatic rings. The first-order valence-electron chi connectivity index (χ1n) is 3.95. The summed E-state index contributed by atoms with van der Waals surface area (Å²) in [6.07, 6.45) is 1.52. The SMILES string of the molecule is Cc1nc(Br)c2cccc(N=C=O)n12. The monoisotopic (exact) mass is 251 g/mol. The molecule has 0 saturated carbocycles. The van der Waals surface area contributed by atoms with Crippen LogP contribution in [-0.2, 0) is 4.79 Å². The van der Waals surface area contributed by atoms with E-state index in [2.05, 4.69) is 25.9 Å². The van der Waals surface area contributed by atoms with Gasteiger partial charge in [0, 0.05) is 0 Å². The number of halogens is 1. The summed E-state index contributed by atoms with van der Waals surface area (Å²) in [5.74, 6) is 1.31. The van der Waals surface area contributed by atoms with Gasteiger partial charge in [-0.25, -0.2) is 9.78 Å². The predicted octanol–water partition coefficient (Wildman–Crippen LogP) is 2.37. The molecule has 0 aromatic carbocycles. The van der Waals surface area contributed by atoms with Gasteiger partial charge in [0.05, 0.1) is 5.52 Å². The Bertz CT molecular complexity index is 540. The van der Waals surface area contributed by atoms with E-state index < -0.39 is 0 Å². The molecule has 14 heavy (non-hydrogen) atoms. The van der Waals surface area contributed by atoms with E-state index in [1.807, 2.05) is 19.1 Å².